The largest absolute Gasteiger partial charge is 0.481 e. The number of carboxylic acids is 1. The van der Waals surface area contributed by atoms with Crippen LogP contribution in [-0.2, 0) is 11.4 Å². The Hall–Kier alpha value is -3.09. The molecule has 0 spiro atoms. The topological polar surface area (TPSA) is 100.0 Å². The molecule has 3 rings (SSSR count). The molecule has 1 aromatic carbocycles. The van der Waals surface area contributed by atoms with Gasteiger partial charge in [-0.1, -0.05) is 37.3 Å². The Balaban J connectivity index is 1.97. The first kappa shape index (κ1) is 21.6. The summed E-state index contributed by atoms with van der Waals surface area (Å²) in [6.45, 7) is 6.27. The van der Waals surface area contributed by atoms with E-state index in [1.165, 1.54) is 4.90 Å². The minimum Gasteiger partial charge on any atom is -0.481 e. The molecule has 0 bridgehead atoms. The molecule has 0 aliphatic carbocycles. The molecule has 0 saturated carbocycles. The fourth-order valence-electron chi connectivity index (χ4n) is 4.33. The molecule has 1 aromatic heterocycles. The van der Waals surface area contributed by atoms with Crippen LogP contribution >= 0.6 is 0 Å². The van der Waals surface area contributed by atoms with Crippen molar-refractivity contribution in [1.29, 1.82) is 0 Å². The van der Waals surface area contributed by atoms with E-state index in [9.17, 15) is 19.8 Å². The van der Waals surface area contributed by atoms with Crippen molar-refractivity contribution in [2.45, 2.75) is 46.1 Å². The maximum atomic E-state index is 12.4. The predicted octanol–water partition coefficient (Wildman–Crippen LogP) is 4.23. The predicted molar refractivity (Wildman–Crippen MR) is 112 cm³/mol. The standard InChI is InChI=1S/C23H28N2O5/c1-4-23(21(26)27)14-25(22(28)29)11-10-19(23)18-12-20(24-16(3)15(18)2)30-13-17-8-6-5-7-9-17/h5-9,12,19H,4,10-11,13-14H2,1-3H3,(H,26,27)(H,28,29). The van der Waals surface area contributed by atoms with Crippen LogP contribution in [0.3, 0.4) is 0 Å². The third-order valence-electron chi connectivity index (χ3n) is 6.29. The highest BCUT2D eigenvalue weighted by Gasteiger charge is 2.50. The van der Waals surface area contributed by atoms with E-state index in [-0.39, 0.29) is 12.5 Å². The van der Waals surface area contributed by atoms with E-state index in [2.05, 4.69) is 4.98 Å². The Bertz CT molecular complexity index is 931. The fraction of sp³-hybridized carbons (Fsp3) is 0.435. The maximum absolute atomic E-state index is 12.4. The number of aliphatic carboxylic acids is 1. The molecule has 1 aliphatic rings. The summed E-state index contributed by atoms with van der Waals surface area (Å²) in [6.07, 6.45) is -0.311. The quantitative estimate of drug-likeness (QED) is 0.737. The van der Waals surface area contributed by atoms with Crippen molar-refractivity contribution < 1.29 is 24.5 Å². The van der Waals surface area contributed by atoms with Gasteiger partial charge in [0, 0.05) is 30.8 Å². The molecule has 1 fully saturated rings. The number of ether oxygens (including phenoxy) is 1. The van der Waals surface area contributed by atoms with Gasteiger partial charge in [0.2, 0.25) is 5.88 Å². The Labute approximate surface area is 176 Å². The van der Waals surface area contributed by atoms with Gasteiger partial charge in [0.15, 0.2) is 0 Å². The van der Waals surface area contributed by atoms with E-state index in [0.717, 1.165) is 22.4 Å². The van der Waals surface area contributed by atoms with Crippen molar-refractivity contribution in [3.05, 3.63) is 58.8 Å². The van der Waals surface area contributed by atoms with Crippen LogP contribution in [0, 0.1) is 19.3 Å². The third-order valence-corrected chi connectivity index (χ3v) is 6.29. The number of aromatic nitrogens is 1. The lowest BCUT2D eigenvalue weighted by molar-refractivity contribution is -0.154. The number of benzene rings is 1. The number of carbonyl (C=O) groups is 2. The second-order valence-corrected chi connectivity index (χ2v) is 7.89. The number of hydrogen-bond acceptors (Lipinski definition) is 4. The van der Waals surface area contributed by atoms with E-state index >= 15 is 0 Å². The first-order valence-corrected chi connectivity index (χ1v) is 10.1. The average molecular weight is 412 g/mol. The van der Waals surface area contributed by atoms with Crippen molar-refractivity contribution in [3.8, 4) is 5.88 Å². The van der Waals surface area contributed by atoms with Gasteiger partial charge < -0.3 is 19.8 Å². The van der Waals surface area contributed by atoms with Crippen molar-refractivity contribution in [3.63, 3.8) is 0 Å². The first-order chi connectivity index (χ1) is 14.3. The molecule has 2 unspecified atom stereocenters. The summed E-state index contributed by atoms with van der Waals surface area (Å²) >= 11 is 0. The molecular weight excluding hydrogens is 384 g/mol. The highest BCUT2D eigenvalue weighted by Crippen LogP contribution is 2.47. The smallest absolute Gasteiger partial charge is 0.407 e. The number of likely N-dealkylation sites (tertiary alicyclic amines) is 1. The van der Waals surface area contributed by atoms with E-state index in [0.29, 0.717) is 31.9 Å². The van der Waals surface area contributed by atoms with Crippen molar-refractivity contribution in [2.75, 3.05) is 13.1 Å². The summed E-state index contributed by atoms with van der Waals surface area (Å²) in [4.78, 5) is 29.6. The SMILES string of the molecule is CCC1(C(=O)O)CN(C(=O)O)CCC1c1cc(OCc2ccccc2)nc(C)c1C. The Kier molecular flexibility index (Phi) is 6.29. The Morgan fingerprint density at radius 2 is 1.93 bits per heavy atom. The number of aryl methyl sites for hydroxylation is 1. The molecule has 2 N–H and O–H groups in total. The molecule has 30 heavy (non-hydrogen) atoms. The number of carboxylic acid groups (broad SMARTS) is 2. The summed E-state index contributed by atoms with van der Waals surface area (Å²) in [5, 5.41) is 19.6. The normalized spacial score (nSPS) is 21.3. The van der Waals surface area contributed by atoms with E-state index in [1.54, 1.807) is 0 Å². The molecule has 7 heteroatoms. The lowest BCUT2D eigenvalue weighted by atomic mass is 9.65. The van der Waals surface area contributed by atoms with Gasteiger partial charge >= 0.3 is 12.1 Å². The van der Waals surface area contributed by atoms with Crippen LogP contribution in [0.2, 0.25) is 0 Å². The molecule has 0 radical (unpaired) electrons. The number of amides is 1. The second-order valence-electron chi connectivity index (χ2n) is 7.89. The fourth-order valence-corrected chi connectivity index (χ4v) is 4.33. The van der Waals surface area contributed by atoms with Crippen LogP contribution in [0.4, 0.5) is 4.79 Å². The zero-order chi connectivity index (χ0) is 21.9. The second kappa shape index (κ2) is 8.73. The van der Waals surface area contributed by atoms with E-state index < -0.39 is 17.5 Å². The van der Waals surface area contributed by atoms with Crippen LogP contribution in [0.15, 0.2) is 36.4 Å². The maximum Gasteiger partial charge on any atom is 0.407 e. The van der Waals surface area contributed by atoms with Gasteiger partial charge in [-0.25, -0.2) is 9.78 Å². The highest BCUT2D eigenvalue weighted by atomic mass is 16.5. The van der Waals surface area contributed by atoms with Crippen LogP contribution in [0.1, 0.15) is 48.1 Å². The molecule has 2 atom stereocenters. The van der Waals surface area contributed by atoms with Crippen molar-refractivity contribution in [2.24, 2.45) is 5.41 Å². The summed E-state index contributed by atoms with van der Waals surface area (Å²) in [5.41, 5.74) is 2.41. The molecule has 7 nitrogen and oxygen atoms in total. The number of rotatable bonds is 6. The minimum atomic E-state index is -1.19. The zero-order valence-electron chi connectivity index (χ0n) is 17.6. The molecule has 2 heterocycles. The van der Waals surface area contributed by atoms with Crippen molar-refractivity contribution >= 4 is 12.1 Å². The number of pyridine rings is 1. The monoisotopic (exact) mass is 412 g/mol. The molecule has 160 valence electrons. The van der Waals surface area contributed by atoms with Crippen molar-refractivity contribution in [1.82, 2.24) is 9.88 Å². The number of hydrogen-bond donors (Lipinski definition) is 2. The van der Waals surface area contributed by atoms with Gasteiger partial charge in [-0.3, -0.25) is 4.79 Å². The lowest BCUT2D eigenvalue weighted by Crippen LogP contribution is -2.53. The Morgan fingerprint density at radius 3 is 2.53 bits per heavy atom. The summed E-state index contributed by atoms with van der Waals surface area (Å²) in [7, 11) is 0. The lowest BCUT2D eigenvalue weighted by Gasteiger charge is -2.45. The first-order valence-electron chi connectivity index (χ1n) is 10.1. The van der Waals surface area contributed by atoms with Crippen LogP contribution in [-0.4, -0.2) is 45.2 Å². The molecular formula is C23H28N2O5. The van der Waals surface area contributed by atoms with Crippen LogP contribution in [0.5, 0.6) is 5.88 Å². The molecule has 1 amide bonds. The number of nitrogens with zero attached hydrogens (tertiary/aromatic N) is 2. The molecule has 2 aromatic rings. The van der Waals surface area contributed by atoms with Gasteiger partial charge in [0.05, 0.1) is 5.41 Å². The van der Waals surface area contributed by atoms with Crippen LogP contribution < -0.4 is 4.74 Å². The number of piperidine rings is 1. The molecule has 1 aliphatic heterocycles. The third kappa shape index (κ3) is 4.10. The van der Waals surface area contributed by atoms with Gasteiger partial charge in [-0.2, -0.15) is 0 Å². The van der Waals surface area contributed by atoms with Gasteiger partial charge in [-0.15, -0.1) is 0 Å². The van der Waals surface area contributed by atoms with E-state index in [1.807, 2.05) is 57.2 Å². The van der Waals surface area contributed by atoms with Gasteiger partial charge in [0.1, 0.15) is 6.61 Å². The van der Waals surface area contributed by atoms with E-state index in [4.69, 9.17) is 4.74 Å². The summed E-state index contributed by atoms with van der Waals surface area (Å²) in [6, 6.07) is 11.6. The Morgan fingerprint density at radius 1 is 1.23 bits per heavy atom. The highest BCUT2D eigenvalue weighted by molar-refractivity contribution is 5.78. The van der Waals surface area contributed by atoms with Gasteiger partial charge in [-0.05, 0) is 43.4 Å². The minimum absolute atomic E-state index is 0.0279. The summed E-state index contributed by atoms with van der Waals surface area (Å²) in [5.74, 6) is -0.842. The average Bonchev–Trinajstić information content (AvgIpc) is 2.74. The summed E-state index contributed by atoms with van der Waals surface area (Å²) < 4.78 is 5.92. The molecule has 1 saturated heterocycles. The zero-order valence-corrected chi connectivity index (χ0v) is 17.6. The van der Waals surface area contributed by atoms with Crippen LogP contribution in [0.25, 0.3) is 0 Å². The van der Waals surface area contributed by atoms with Gasteiger partial charge in [0.25, 0.3) is 0 Å².